The smallest absolute Gasteiger partial charge is 0.387 e. The van der Waals surface area contributed by atoms with Crippen molar-refractivity contribution in [2.24, 2.45) is 0 Å². The highest BCUT2D eigenvalue weighted by atomic mass is 19.3. The first-order valence-electron chi connectivity index (χ1n) is 7.08. The number of nitrogens with zero attached hydrogens (tertiary/aromatic N) is 1. The van der Waals surface area contributed by atoms with Gasteiger partial charge in [-0.1, -0.05) is 12.1 Å². The van der Waals surface area contributed by atoms with Gasteiger partial charge < -0.3 is 13.9 Å². The Morgan fingerprint density at radius 3 is 2.40 bits per heavy atom. The lowest BCUT2D eigenvalue weighted by Gasteiger charge is -2.11. The molecule has 3 rings (SSSR count). The van der Waals surface area contributed by atoms with E-state index in [0.717, 1.165) is 6.07 Å². The molecule has 0 aliphatic carbocycles. The molecule has 8 heteroatoms. The van der Waals surface area contributed by atoms with Gasteiger partial charge in [-0.15, -0.1) is 0 Å². The minimum absolute atomic E-state index is 0.226. The molecular formula is C17H11F4NO3. The Kier molecular flexibility index (Phi) is 4.87. The fraction of sp³-hybridized carbons (Fsp3) is 0.118. The number of alkyl halides is 4. The molecule has 130 valence electrons. The second-order valence-electron chi connectivity index (χ2n) is 4.81. The molecule has 0 aliphatic rings. The number of ether oxygens (including phenoxy) is 2. The molecule has 25 heavy (non-hydrogen) atoms. The summed E-state index contributed by atoms with van der Waals surface area (Å²) < 4.78 is 63.6. The van der Waals surface area contributed by atoms with Crippen LogP contribution in [-0.2, 0) is 0 Å². The van der Waals surface area contributed by atoms with Gasteiger partial charge in [0.25, 0.3) is 0 Å². The van der Waals surface area contributed by atoms with Gasteiger partial charge in [-0.2, -0.15) is 17.6 Å². The Bertz CT molecular complexity index is 859. The van der Waals surface area contributed by atoms with Crippen LogP contribution in [0.1, 0.15) is 11.5 Å². The summed E-state index contributed by atoms with van der Waals surface area (Å²) in [5, 5.41) is 0. The molecule has 0 aliphatic heterocycles. The number of hydrogen-bond donors (Lipinski definition) is 0. The molecule has 4 nitrogen and oxygen atoms in total. The van der Waals surface area contributed by atoms with Crippen LogP contribution in [0, 0.1) is 0 Å². The molecule has 3 aromatic rings. The van der Waals surface area contributed by atoms with Gasteiger partial charge in [0.1, 0.15) is 17.0 Å². The maximum atomic E-state index is 12.5. The van der Waals surface area contributed by atoms with Crippen LogP contribution < -0.4 is 9.47 Å². The Labute approximate surface area is 139 Å². The summed E-state index contributed by atoms with van der Waals surface area (Å²) in [4.78, 5) is 4.21. The molecule has 0 atom stereocenters. The number of hydrogen-bond acceptors (Lipinski definition) is 4. The second-order valence-corrected chi connectivity index (χ2v) is 4.81. The maximum Gasteiger partial charge on any atom is 0.387 e. The van der Waals surface area contributed by atoms with Gasteiger partial charge >= 0.3 is 13.2 Å². The predicted octanol–water partition coefficient (Wildman–Crippen LogP) is 5.20. The van der Waals surface area contributed by atoms with Crippen LogP contribution in [0.5, 0.6) is 11.5 Å². The minimum atomic E-state index is -3.11. The van der Waals surface area contributed by atoms with Crippen LogP contribution in [0.3, 0.4) is 0 Å². The fourth-order valence-electron chi connectivity index (χ4n) is 2.15. The molecule has 0 saturated heterocycles. The third-order valence-corrected chi connectivity index (χ3v) is 3.14. The molecule has 1 aromatic heterocycles. The van der Waals surface area contributed by atoms with E-state index in [0.29, 0.717) is 11.1 Å². The first-order chi connectivity index (χ1) is 12.0. The monoisotopic (exact) mass is 353 g/mol. The Morgan fingerprint density at radius 1 is 0.920 bits per heavy atom. The maximum absolute atomic E-state index is 12.5. The van der Waals surface area contributed by atoms with Gasteiger partial charge in [0.05, 0.1) is 0 Å². The number of halogens is 4. The normalized spacial score (nSPS) is 11.8. The molecule has 2 aromatic carbocycles. The highest BCUT2D eigenvalue weighted by molar-refractivity contribution is 5.76. The van der Waals surface area contributed by atoms with Gasteiger partial charge in [0.15, 0.2) is 5.58 Å². The zero-order valence-corrected chi connectivity index (χ0v) is 12.5. The van der Waals surface area contributed by atoms with Crippen molar-refractivity contribution in [1.82, 2.24) is 4.98 Å². The molecule has 0 bridgehead atoms. The van der Waals surface area contributed by atoms with E-state index >= 15 is 0 Å². The van der Waals surface area contributed by atoms with E-state index in [1.54, 1.807) is 24.3 Å². The quantitative estimate of drug-likeness (QED) is 0.571. The highest BCUT2D eigenvalue weighted by Crippen LogP contribution is 2.29. The number of fused-ring (bicyclic) bond motifs is 1. The molecule has 0 fully saturated rings. The summed E-state index contributed by atoms with van der Waals surface area (Å²) in [6, 6.07) is 10.6. The number of oxazole rings is 1. The summed E-state index contributed by atoms with van der Waals surface area (Å²) in [5.74, 6) is -0.331. The van der Waals surface area contributed by atoms with Crippen LogP contribution in [0.25, 0.3) is 23.3 Å². The predicted molar refractivity (Wildman–Crippen MR) is 82.6 cm³/mol. The van der Waals surface area contributed by atoms with E-state index in [1.807, 2.05) is 0 Å². The molecular weight excluding hydrogens is 342 g/mol. The summed E-state index contributed by atoms with van der Waals surface area (Å²) >= 11 is 0. The molecule has 0 unspecified atom stereocenters. The molecule has 0 N–H and O–H groups in total. The van der Waals surface area contributed by atoms with Crippen LogP contribution in [0.4, 0.5) is 17.6 Å². The Hall–Kier alpha value is -3.03. The van der Waals surface area contributed by atoms with E-state index in [1.165, 1.54) is 24.3 Å². The van der Waals surface area contributed by atoms with Gasteiger partial charge in [-0.25, -0.2) is 4.98 Å². The minimum Gasteiger partial charge on any atom is -0.437 e. The molecule has 0 spiro atoms. The summed E-state index contributed by atoms with van der Waals surface area (Å²) in [6.45, 7) is -6.18. The third-order valence-electron chi connectivity index (χ3n) is 3.14. The fourth-order valence-corrected chi connectivity index (χ4v) is 2.15. The summed E-state index contributed by atoms with van der Waals surface area (Å²) in [6.07, 6.45) is 2.88. The lowest BCUT2D eigenvalue weighted by Crippen LogP contribution is -2.05. The molecule has 1 heterocycles. The van der Waals surface area contributed by atoms with Crippen LogP contribution in [0.2, 0.25) is 0 Å². The summed E-state index contributed by atoms with van der Waals surface area (Å²) in [7, 11) is 0. The van der Waals surface area contributed by atoms with Crippen molar-refractivity contribution in [1.29, 1.82) is 0 Å². The van der Waals surface area contributed by atoms with E-state index in [-0.39, 0.29) is 23.0 Å². The van der Waals surface area contributed by atoms with Crippen LogP contribution in [0.15, 0.2) is 46.9 Å². The van der Waals surface area contributed by atoms with Gasteiger partial charge in [0.2, 0.25) is 5.89 Å². The van der Waals surface area contributed by atoms with Crippen molar-refractivity contribution in [3.05, 3.63) is 53.9 Å². The van der Waals surface area contributed by atoms with Crippen molar-refractivity contribution in [2.75, 3.05) is 0 Å². The number of benzene rings is 2. The van der Waals surface area contributed by atoms with Gasteiger partial charge in [0, 0.05) is 17.7 Å². The first kappa shape index (κ1) is 16.8. The van der Waals surface area contributed by atoms with Crippen molar-refractivity contribution >= 4 is 23.3 Å². The average Bonchev–Trinajstić information content (AvgIpc) is 2.96. The van der Waals surface area contributed by atoms with E-state index in [4.69, 9.17) is 4.42 Å². The molecule has 0 amide bonds. The van der Waals surface area contributed by atoms with Crippen molar-refractivity contribution in [2.45, 2.75) is 13.2 Å². The van der Waals surface area contributed by atoms with Gasteiger partial charge in [-0.3, -0.25) is 0 Å². The van der Waals surface area contributed by atoms with E-state index < -0.39 is 13.2 Å². The van der Waals surface area contributed by atoms with Crippen LogP contribution in [-0.4, -0.2) is 18.2 Å². The zero-order chi connectivity index (χ0) is 17.8. The second kappa shape index (κ2) is 7.25. The van der Waals surface area contributed by atoms with E-state index in [2.05, 4.69) is 14.5 Å². The number of aromatic nitrogens is 1. The first-order valence-corrected chi connectivity index (χ1v) is 7.08. The van der Waals surface area contributed by atoms with E-state index in [9.17, 15) is 17.6 Å². The van der Waals surface area contributed by atoms with Crippen molar-refractivity contribution in [3.8, 4) is 11.5 Å². The lowest BCUT2D eigenvalue weighted by atomic mass is 10.1. The Balaban J connectivity index is 1.89. The Morgan fingerprint density at radius 2 is 1.68 bits per heavy atom. The lowest BCUT2D eigenvalue weighted by molar-refractivity contribution is -0.0543. The van der Waals surface area contributed by atoms with Crippen molar-refractivity contribution in [3.63, 3.8) is 0 Å². The topological polar surface area (TPSA) is 44.5 Å². The number of rotatable bonds is 6. The average molecular weight is 353 g/mol. The number of para-hydroxylation sites is 2. The standard InChI is InChI=1S/C17H11F4NO3/c18-16(19)23-11-7-5-10(14(9-11)25-17(20)21)6-8-15-22-12-3-1-2-4-13(12)24-15/h1-9,16-17H/b8-6+. The molecule has 0 saturated carbocycles. The third kappa shape index (κ3) is 4.28. The van der Waals surface area contributed by atoms with Gasteiger partial charge in [-0.05, 0) is 30.3 Å². The molecule has 0 radical (unpaired) electrons. The largest absolute Gasteiger partial charge is 0.437 e. The SMILES string of the molecule is FC(F)Oc1ccc(/C=C/c2nc3ccccc3o2)c(OC(F)F)c1. The summed E-state index contributed by atoms with van der Waals surface area (Å²) in [5.41, 5.74) is 1.45. The van der Waals surface area contributed by atoms with Crippen LogP contribution >= 0.6 is 0 Å². The highest BCUT2D eigenvalue weighted by Gasteiger charge is 2.12. The van der Waals surface area contributed by atoms with Crippen molar-refractivity contribution < 1.29 is 31.5 Å². The zero-order valence-electron chi connectivity index (χ0n) is 12.5.